The molecule has 1 radical (unpaired) electrons. The Labute approximate surface area is 56.8 Å². The molecule has 0 aromatic carbocycles. The second-order valence-corrected chi connectivity index (χ2v) is 0.747. The largest absolute Gasteiger partial charge is 0.481 e. The van der Waals surface area contributed by atoms with Crippen molar-refractivity contribution in [2.75, 3.05) is 0 Å². The molecule has 4 heteroatoms. The Morgan fingerprint density at radius 1 is 1.71 bits per heavy atom. The van der Waals surface area contributed by atoms with Crippen molar-refractivity contribution in [1.82, 2.24) is 0 Å². The molecule has 0 rings (SSSR count). The van der Waals surface area contributed by atoms with Crippen LogP contribution >= 0.6 is 0 Å². The molecule has 0 aliphatic rings. The van der Waals surface area contributed by atoms with Crippen molar-refractivity contribution in [3.63, 3.8) is 0 Å². The van der Waals surface area contributed by atoms with Crippen molar-refractivity contribution in [1.29, 1.82) is 0 Å². The summed E-state index contributed by atoms with van der Waals surface area (Å²) < 4.78 is 0. The first-order valence-electron chi connectivity index (χ1n) is 1.49. The van der Waals surface area contributed by atoms with Gasteiger partial charge >= 0.3 is 5.97 Å². The van der Waals surface area contributed by atoms with Gasteiger partial charge in [-0.2, -0.15) is 0 Å². The molecule has 0 fully saturated rings. The summed E-state index contributed by atoms with van der Waals surface area (Å²) >= 11 is 0. The summed E-state index contributed by atoms with van der Waals surface area (Å²) in [7, 11) is 0. The van der Waals surface area contributed by atoms with Crippen LogP contribution in [0.1, 0.15) is 13.3 Å². The molecule has 49 valence electrons. The van der Waals surface area contributed by atoms with E-state index in [0.29, 0.717) is 0 Å². The van der Waals surface area contributed by atoms with Crippen molar-refractivity contribution in [3.8, 4) is 0 Å². The van der Waals surface area contributed by atoms with E-state index < -0.39 is 5.97 Å². The molecule has 0 amide bonds. The van der Waals surface area contributed by atoms with Gasteiger partial charge in [-0.15, -0.1) is 0 Å². The third-order valence-corrected chi connectivity index (χ3v) is 0.302. The Morgan fingerprint density at radius 2 is 1.86 bits per heavy atom. The number of carboxylic acid groups (broad SMARTS) is 1. The molecular weight excluding hydrogens is 195 g/mol. The molecule has 2 nitrogen and oxygen atoms in total. The number of hydrogen-bond donors (Lipinski definition) is 1. The number of aliphatic carboxylic acids is 1. The number of carbonyl (C=O) groups is 1. The third kappa shape index (κ3) is 23.0. The van der Waals surface area contributed by atoms with Gasteiger partial charge < -0.3 is 5.11 Å². The predicted molar refractivity (Wildman–Crippen MR) is 20.4 cm³/mol. The van der Waals surface area contributed by atoms with Gasteiger partial charge in [0.05, 0.1) is 0 Å². The predicted octanol–water partition coefficient (Wildman–Crippen LogP) is 0.631. The quantitative estimate of drug-likeness (QED) is 0.633. The maximum absolute atomic E-state index is 9.37. The molecule has 0 saturated carbocycles. The van der Waals surface area contributed by atoms with E-state index in [-0.39, 0.29) is 33.5 Å². The molecule has 0 aliphatic carbocycles. The van der Waals surface area contributed by atoms with Crippen LogP contribution in [0.15, 0.2) is 0 Å². The van der Waals surface area contributed by atoms with Crippen molar-refractivity contribution in [2.45, 2.75) is 13.3 Å². The molecule has 0 saturated heterocycles. The molecule has 0 aromatic heterocycles. The van der Waals surface area contributed by atoms with Gasteiger partial charge in [0.15, 0.2) is 0 Å². The van der Waals surface area contributed by atoms with Gasteiger partial charge in [-0.05, 0) is 0 Å². The van der Waals surface area contributed by atoms with Gasteiger partial charge in [0.2, 0.25) is 0 Å². The first-order valence-corrected chi connectivity index (χ1v) is 1.49. The smallest absolute Gasteiger partial charge is 0.303 e. The monoisotopic (exact) mass is 201 g/mol. The molecule has 0 spiro atoms. The fourth-order valence-corrected chi connectivity index (χ4v) is 0. The van der Waals surface area contributed by atoms with E-state index >= 15 is 0 Å². The second kappa shape index (κ2) is 9.46. The van der Waals surface area contributed by atoms with Gasteiger partial charge in [0, 0.05) is 28.8 Å². The topological polar surface area (TPSA) is 37.3 Å². The molecular formula is C3H7AgFO2. The van der Waals surface area contributed by atoms with E-state index in [1.165, 1.54) is 0 Å². The Bertz CT molecular complexity index is 48.2. The van der Waals surface area contributed by atoms with Crippen molar-refractivity contribution in [3.05, 3.63) is 0 Å². The average molecular weight is 202 g/mol. The standard InChI is InChI=1S/C3H6O2.Ag.FH/c1-2-3(4)5;;/h2H2,1H3,(H,4,5);;1H. The van der Waals surface area contributed by atoms with E-state index in [1.807, 2.05) is 0 Å². The summed E-state index contributed by atoms with van der Waals surface area (Å²) in [5.74, 6) is -0.745. The van der Waals surface area contributed by atoms with Crippen molar-refractivity contribution < 1.29 is 37.0 Å². The van der Waals surface area contributed by atoms with E-state index in [2.05, 4.69) is 0 Å². The average Bonchev–Trinajstić information content (AvgIpc) is 1.38. The van der Waals surface area contributed by atoms with Crippen LogP contribution in [0.5, 0.6) is 0 Å². The van der Waals surface area contributed by atoms with Crippen LogP contribution in [0.3, 0.4) is 0 Å². The number of rotatable bonds is 1. The fourth-order valence-electron chi connectivity index (χ4n) is 0. The van der Waals surface area contributed by atoms with Crippen LogP contribution in [0.4, 0.5) is 4.70 Å². The zero-order valence-electron chi connectivity index (χ0n) is 3.77. The summed E-state index contributed by atoms with van der Waals surface area (Å²) in [5, 5.41) is 7.72. The van der Waals surface area contributed by atoms with Crippen molar-refractivity contribution in [2.24, 2.45) is 0 Å². The molecule has 0 unspecified atom stereocenters. The first-order chi connectivity index (χ1) is 2.27. The maximum Gasteiger partial charge on any atom is 0.303 e. The van der Waals surface area contributed by atoms with Crippen LogP contribution in [-0.4, -0.2) is 11.1 Å². The first kappa shape index (κ1) is 15.7. The Kier molecular flexibility index (Phi) is 21.2. The summed E-state index contributed by atoms with van der Waals surface area (Å²) in [6, 6.07) is 0. The second-order valence-electron chi connectivity index (χ2n) is 0.747. The number of carboxylic acids is 1. The van der Waals surface area contributed by atoms with Gasteiger partial charge in [-0.1, -0.05) is 6.92 Å². The van der Waals surface area contributed by atoms with Crippen LogP contribution in [0.2, 0.25) is 0 Å². The van der Waals surface area contributed by atoms with E-state index in [1.54, 1.807) is 6.92 Å². The Hall–Kier alpha value is 0.140. The maximum atomic E-state index is 9.37. The van der Waals surface area contributed by atoms with Crippen LogP contribution in [0.25, 0.3) is 0 Å². The fraction of sp³-hybridized carbons (Fsp3) is 0.667. The summed E-state index contributed by atoms with van der Waals surface area (Å²) in [6.45, 7) is 1.60. The van der Waals surface area contributed by atoms with E-state index in [0.717, 1.165) is 0 Å². The van der Waals surface area contributed by atoms with Crippen molar-refractivity contribution >= 4 is 5.97 Å². The summed E-state index contributed by atoms with van der Waals surface area (Å²) in [6.07, 6.45) is 0.222. The van der Waals surface area contributed by atoms with Gasteiger partial charge in [0.25, 0.3) is 0 Å². The van der Waals surface area contributed by atoms with Gasteiger partial charge in [-0.3, -0.25) is 9.50 Å². The third-order valence-electron chi connectivity index (χ3n) is 0.302. The van der Waals surface area contributed by atoms with Gasteiger partial charge in [-0.25, -0.2) is 0 Å². The molecule has 0 aliphatic heterocycles. The molecule has 0 heterocycles. The minimum atomic E-state index is -0.745. The summed E-state index contributed by atoms with van der Waals surface area (Å²) in [5.41, 5.74) is 0. The minimum Gasteiger partial charge on any atom is -0.481 e. The molecule has 7 heavy (non-hydrogen) atoms. The Morgan fingerprint density at radius 3 is 1.86 bits per heavy atom. The molecule has 0 aromatic rings. The Balaban J connectivity index is -0.0000000800. The van der Waals surface area contributed by atoms with Crippen LogP contribution in [-0.2, 0) is 27.2 Å². The zero-order valence-corrected chi connectivity index (χ0v) is 5.25. The van der Waals surface area contributed by atoms with Gasteiger partial charge in [0.1, 0.15) is 0 Å². The number of hydrogen-bond acceptors (Lipinski definition) is 1. The van der Waals surface area contributed by atoms with E-state index in [9.17, 15) is 4.79 Å². The summed E-state index contributed by atoms with van der Waals surface area (Å²) in [4.78, 5) is 9.37. The normalized spacial score (nSPS) is 5.29. The van der Waals surface area contributed by atoms with Crippen LogP contribution in [0, 0.1) is 0 Å². The minimum absolute atomic E-state index is 0. The molecule has 0 bridgehead atoms. The zero-order chi connectivity index (χ0) is 4.28. The SMILES string of the molecule is CCC(=O)O.F.[Ag]. The number of halogens is 1. The van der Waals surface area contributed by atoms with E-state index in [4.69, 9.17) is 5.11 Å². The molecule has 0 atom stereocenters. The molecule has 1 N–H and O–H groups in total. The van der Waals surface area contributed by atoms with Crippen LogP contribution < -0.4 is 0 Å².